The molecule has 0 radical (unpaired) electrons. The van der Waals surface area contributed by atoms with Crippen LogP contribution in [0.3, 0.4) is 0 Å². The third-order valence-corrected chi connectivity index (χ3v) is 4.44. The third kappa shape index (κ3) is 3.05. The summed E-state index contributed by atoms with van der Waals surface area (Å²) < 4.78 is 1.74. The first-order valence-electron chi connectivity index (χ1n) is 5.58. The summed E-state index contributed by atoms with van der Waals surface area (Å²) in [6.45, 7) is 2.61. The summed E-state index contributed by atoms with van der Waals surface area (Å²) in [4.78, 5) is 0.230. The minimum Gasteiger partial charge on any atom is -0.248 e. The van der Waals surface area contributed by atoms with Gasteiger partial charge in [-0.3, -0.25) is 0 Å². The van der Waals surface area contributed by atoms with Crippen molar-refractivity contribution < 1.29 is 0 Å². The van der Waals surface area contributed by atoms with E-state index in [0.29, 0.717) is 16.6 Å². The average Bonchev–Trinajstić information content (AvgIpc) is 2.81. The molecule has 2 aromatic rings. The van der Waals surface area contributed by atoms with Gasteiger partial charge in [-0.25, -0.2) is 4.68 Å². The standard InChI is InChI=1S/C12H12BrCl2N3/c1-2-9(13)12-7-18(17-16-12)6-8-10(14)4-3-5-11(8)15/h3-5,7,9H,2,6H2,1H3. The Balaban J connectivity index is 2.21. The highest BCUT2D eigenvalue weighted by Crippen LogP contribution is 2.26. The normalized spacial score (nSPS) is 12.7. The minimum absolute atomic E-state index is 0.230. The molecular weight excluding hydrogens is 337 g/mol. The van der Waals surface area contributed by atoms with Crippen LogP contribution in [-0.2, 0) is 6.54 Å². The summed E-state index contributed by atoms with van der Waals surface area (Å²) in [6.07, 6.45) is 2.87. The fourth-order valence-electron chi connectivity index (χ4n) is 1.59. The second kappa shape index (κ2) is 6.04. The molecule has 0 aliphatic carbocycles. The SMILES string of the molecule is CCC(Br)c1cn(Cc2c(Cl)cccc2Cl)nn1. The second-order valence-electron chi connectivity index (χ2n) is 3.92. The Morgan fingerprint density at radius 3 is 2.61 bits per heavy atom. The number of aromatic nitrogens is 3. The molecule has 1 heterocycles. The van der Waals surface area contributed by atoms with Gasteiger partial charge in [0.1, 0.15) is 0 Å². The van der Waals surface area contributed by atoms with E-state index in [1.54, 1.807) is 4.68 Å². The zero-order chi connectivity index (χ0) is 13.1. The zero-order valence-corrected chi connectivity index (χ0v) is 12.9. The van der Waals surface area contributed by atoms with Gasteiger partial charge in [0.15, 0.2) is 0 Å². The van der Waals surface area contributed by atoms with Gasteiger partial charge in [-0.15, -0.1) is 5.10 Å². The fourth-order valence-corrected chi connectivity index (χ4v) is 2.32. The molecule has 0 saturated carbocycles. The van der Waals surface area contributed by atoms with Crippen LogP contribution in [-0.4, -0.2) is 15.0 Å². The van der Waals surface area contributed by atoms with Crippen molar-refractivity contribution in [1.29, 1.82) is 0 Å². The fraction of sp³-hybridized carbons (Fsp3) is 0.333. The highest BCUT2D eigenvalue weighted by atomic mass is 79.9. The summed E-state index contributed by atoms with van der Waals surface area (Å²) in [5.41, 5.74) is 1.78. The topological polar surface area (TPSA) is 30.7 Å². The molecule has 1 aromatic carbocycles. The van der Waals surface area contributed by atoms with Crippen molar-refractivity contribution in [3.63, 3.8) is 0 Å². The molecule has 1 unspecified atom stereocenters. The molecule has 0 N–H and O–H groups in total. The smallest absolute Gasteiger partial charge is 0.0963 e. The molecule has 6 heteroatoms. The van der Waals surface area contributed by atoms with Crippen molar-refractivity contribution in [3.8, 4) is 0 Å². The molecular formula is C12H12BrCl2N3. The Morgan fingerprint density at radius 1 is 1.33 bits per heavy atom. The first-order chi connectivity index (χ1) is 8.61. The van der Waals surface area contributed by atoms with Crippen LogP contribution in [0, 0.1) is 0 Å². The van der Waals surface area contributed by atoms with Gasteiger partial charge >= 0.3 is 0 Å². The van der Waals surface area contributed by atoms with Crippen molar-refractivity contribution in [2.75, 3.05) is 0 Å². The number of benzene rings is 1. The van der Waals surface area contributed by atoms with E-state index in [1.807, 2.05) is 24.4 Å². The highest BCUT2D eigenvalue weighted by Gasteiger charge is 2.11. The van der Waals surface area contributed by atoms with Crippen molar-refractivity contribution >= 4 is 39.1 Å². The molecule has 0 saturated heterocycles. The Kier molecular flexibility index (Phi) is 4.65. The van der Waals surface area contributed by atoms with Crippen LogP contribution in [0.2, 0.25) is 10.0 Å². The monoisotopic (exact) mass is 347 g/mol. The molecule has 18 heavy (non-hydrogen) atoms. The Bertz CT molecular complexity index is 522. The molecule has 1 aromatic heterocycles. The van der Waals surface area contributed by atoms with Crippen LogP contribution in [0.15, 0.2) is 24.4 Å². The molecule has 2 rings (SSSR count). The lowest BCUT2D eigenvalue weighted by atomic mass is 10.2. The van der Waals surface area contributed by atoms with E-state index in [2.05, 4.69) is 33.2 Å². The Hall–Kier alpha value is -0.580. The lowest BCUT2D eigenvalue weighted by molar-refractivity contribution is 0.649. The first kappa shape index (κ1) is 13.8. The number of alkyl halides is 1. The van der Waals surface area contributed by atoms with E-state index < -0.39 is 0 Å². The second-order valence-corrected chi connectivity index (χ2v) is 5.84. The van der Waals surface area contributed by atoms with Gasteiger partial charge in [-0.1, -0.05) is 57.3 Å². The van der Waals surface area contributed by atoms with Crippen LogP contribution in [0.25, 0.3) is 0 Å². The lowest BCUT2D eigenvalue weighted by Crippen LogP contribution is -2.01. The molecule has 1 atom stereocenters. The molecule has 0 amide bonds. The summed E-state index contributed by atoms with van der Waals surface area (Å²) in [6, 6.07) is 5.46. The number of hydrogen-bond acceptors (Lipinski definition) is 2. The number of hydrogen-bond donors (Lipinski definition) is 0. The van der Waals surface area contributed by atoms with E-state index in [-0.39, 0.29) is 4.83 Å². The van der Waals surface area contributed by atoms with Crippen LogP contribution in [0.5, 0.6) is 0 Å². The molecule has 0 bridgehead atoms. The molecule has 96 valence electrons. The summed E-state index contributed by atoms with van der Waals surface area (Å²) >= 11 is 15.8. The molecule has 0 aliphatic rings. The minimum atomic E-state index is 0.230. The maximum atomic E-state index is 6.12. The van der Waals surface area contributed by atoms with Gasteiger partial charge < -0.3 is 0 Å². The first-order valence-corrected chi connectivity index (χ1v) is 7.26. The molecule has 0 aliphatic heterocycles. The van der Waals surface area contributed by atoms with Gasteiger partial charge in [0.05, 0.1) is 17.1 Å². The predicted octanol–water partition coefficient (Wildman–Crippen LogP) is 4.48. The van der Waals surface area contributed by atoms with Crippen molar-refractivity contribution in [1.82, 2.24) is 15.0 Å². The zero-order valence-electron chi connectivity index (χ0n) is 9.78. The van der Waals surface area contributed by atoms with E-state index in [1.165, 1.54) is 0 Å². The van der Waals surface area contributed by atoms with Gasteiger partial charge in [0, 0.05) is 21.8 Å². The van der Waals surface area contributed by atoms with E-state index in [4.69, 9.17) is 23.2 Å². The average molecular weight is 349 g/mol. The molecule has 0 spiro atoms. The van der Waals surface area contributed by atoms with Crippen LogP contribution in [0.1, 0.15) is 29.4 Å². The largest absolute Gasteiger partial charge is 0.248 e. The van der Waals surface area contributed by atoms with Gasteiger partial charge in [-0.05, 0) is 18.6 Å². The Morgan fingerprint density at radius 2 is 2.00 bits per heavy atom. The number of halogens is 3. The number of rotatable bonds is 4. The molecule has 0 fully saturated rings. The maximum Gasteiger partial charge on any atom is 0.0963 e. The van der Waals surface area contributed by atoms with Crippen molar-refractivity contribution in [2.45, 2.75) is 24.7 Å². The van der Waals surface area contributed by atoms with Crippen molar-refractivity contribution in [3.05, 3.63) is 45.7 Å². The van der Waals surface area contributed by atoms with E-state index in [9.17, 15) is 0 Å². The Labute approximate surface area is 124 Å². The van der Waals surface area contributed by atoms with Gasteiger partial charge in [0.25, 0.3) is 0 Å². The summed E-state index contributed by atoms with van der Waals surface area (Å²) in [7, 11) is 0. The van der Waals surface area contributed by atoms with E-state index >= 15 is 0 Å². The van der Waals surface area contributed by atoms with Gasteiger partial charge in [-0.2, -0.15) is 0 Å². The lowest BCUT2D eigenvalue weighted by Gasteiger charge is -2.06. The van der Waals surface area contributed by atoms with E-state index in [0.717, 1.165) is 17.7 Å². The summed E-state index contributed by atoms with van der Waals surface area (Å²) in [5, 5.41) is 9.49. The van der Waals surface area contributed by atoms with Gasteiger partial charge in [0.2, 0.25) is 0 Å². The number of nitrogens with zero attached hydrogens (tertiary/aromatic N) is 3. The predicted molar refractivity (Wildman–Crippen MR) is 77.5 cm³/mol. The quantitative estimate of drug-likeness (QED) is 0.762. The highest BCUT2D eigenvalue weighted by molar-refractivity contribution is 9.09. The third-order valence-electron chi connectivity index (χ3n) is 2.62. The van der Waals surface area contributed by atoms with Crippen LogP contribution < -0.4 is 0 Å². The molecule has 3 nitrogen and oxygen atoms in total. The maximum absolute atomic E-state index is 6.12. The summed E-state index contributed by atoms with van der Waals surface area (Å²) in [5.74, 6) is 0. The van der Waals surface area contributed by atoms with Crippen LogP contribution >= 0.6 is 39.1 Å². The van der Waals surface area contributed by atoms with Crippen molar-refractivity contribution in [2.24, 2.45) is 0 Å². The van der Waals surface area contributed by atoms with Crippen LogP contribution in [0.4, 0.5) is 0 Å².